The zero-order valence-corrected chi connectivity index (χ0v) is 17.1. The van der Waals surface area contributed by atoms with Crippen molar-refractivity contribution in [2.75, 3.05) is 11.9 Å². The summed E-state index contributed by atoms with van der Waals surface area (Å²) < 4.78 is 10.5. The van der Waals surface area contributed by atoms with Gasteiger partial charge in [-0.1, -0.05) is 62.5 Å². The molecule has 0 radical (unpaired) electrons. The van der Waals surface area contributed by atoms with Gasteiger partial charge in [-0.05, 0) is 30.5 Å². The molecule has 1 saturated carbocycles. The summed E-state index contributed by atoms with van der Waals surface area (Å²) in [6.45, 7) is 5.61. The zero-order chi connectivity index (χ0) is 20.4. The van der Waals surface area contributed by atoms with E-state index in [0.717, 1.165) is 24.1 Å². The second-order valence-electron chi connectivity index (χ2n) is 8.25. The number of esters is 1. The predicted octanol–water partition coefficient (Wildman–Crippen LogP) is 4.62. The zero-order valence-electron chi connectivity index (χ0n) is 16.4. The van der Waals surface area contributed by atoms with Gasteiger partial charge in [0.15, 0.2) is 6.61 Å². The lowest BCUT2D eigenvalue weighted by Gasteiger charge is -2.27. The molecule has 28 heavy (non-hydrogen) atoms. The normalized spacial score (nSPS) is 16.0. The molecule has 1 amide bonds. The van der Waals surface area contributed by atoms with Gasteiger partial charge in [0, 0.05) is 16.5 Å². The van der Waals surface area contributed by atoms with Crippen LogP contribution in [0.4, 0.5) is 5.88 Å². The van der Waals surface area contributed by atoms with Crippen LogP contribution in [-0.2, 0) is 25.2 Å². The van der Waals surface area contributed by atoms with E-state index >= 15 is 0 Å². The fraction of sp³-hybridized carbons (Fsp3) is 0.476. The molecular formula is C21H25ClN2O4. The van der Waals surface area contributed by atoms with E-state index in [0.29, 0.717) is 17.9 Å². The SMILES string of the molecule is CC(C)(C)c1cc(NC(=O)COC(=O)C2(c3ccc(Cl)cc3)CCCC2)on1. The maximum absolute atomic E-state index is 12.9. The Morgan fingerprint density at radius 2 is 1.86 bits per heavy atom. The highest BCUT2D eigenvalue weighted by Gasteiger charge is 2.44. The summed E-state index contributed by atoms with van der Waals surface area (Å²) >= 11 is 5.97. The highest BCUT2D eigenvalue weighted by atomic mass is 35.5. The van der Waals surface area contributed by atoms with Crippen molar-refractivity contribution in [1.82, 2.24) is 5.16 Å². The van der Waals surface area contributed by atoms with E-state index in [1.165, 1.54) is 0 Å². The van der Waals surface area contributed by atoms with Crippen molar-refractivity contribution in [3.05, 3.63) is 46.6 Å². The second-order valence-corrected chi connectivity index (χ2v) is 8.68. The molecule has 0 unspecified atom stereocenters. The lowest BCUT2D eigenvalue weighted by molar-refractivity contribution is -0.153. The number of halogens is 1. The molecule has 1 aromatic heterocycles. The minimum atomic E-state index is -0.712. The molecule has 1 aromatic carbocycles. The number of aromatic nitrogens is 1. The van der Waals surface area contributed by atoms with E-state index in [-0.39, 0.29) is 23.9 Å². The third kappa shape index (κ3) is 4.38. The first-order valence-corrected chi connectivity index (χ1v) is 9.79. The second kappa shape index (κ2) is 7.95. The van der Waals surface area contributed by atoms with Crippen LogP contribution in [0.2, 0.25) is 5.02 Å². The highest BCUT2D eigenvalue weighted by molar-refractivity contribution is 6.30. The Hall–Kier alpha value is -2.34. The molecule has 1 heterocycles. The molecule has 0 bridgehead atoms. The van der Waals surface area contributed by atoms with Crippen LogP contribution < -0.4 is 5.32 Å². The number of benzene rings is 1. The maximum atomic E-state index is 12.9. The summed E-state index contributed by atoms with van der Waals surface area (Å²) in [5, 5.41) is 7.14. The average molecular weight is 405 g/mol. The van der Waals surface area contributed by atoms with Crippen LogP contribution in [0.15, 0.2) is 34.9 Å². The van der Waals surface area contributed by atoms with Crippen molar-refractivity contribution < 1.29 is 18.8 Å². The third-order valence-corrected chi connectivity index (χ3v) is 5.37. The summed E-state index contributed by atoms with van der Waals surface area (Å²) in [4.78, 5) is 25.1. The molecule has 1 fully saturated rings. The van der Waals surface area contributed by atoms with Gasteiger partial charge in [-0.15, -0.1) is 0 Å². The minimum Gasteiger partial charge on any atom is -0.455 e. The van der Waals surface area contributed by atoms with Gasteiger partial charge in [-0.3, -0.25) is 14.9 Å². The molecule has 6 nitrogen and oxygen atoms in total. The summed E-state index contributed by atoms with van der Waals surface area (Å²) in [5.74, 6) is -0.608. The van der Waals surface area contributed by atoms with Gasteiger partial charge >= 0.3 is 5.97 Å². The summed E-state index contributed by atoms with van der Waals surface area (Å²) in [6, 6.07) is 8.93. The van der Waals surface area contributed by atoms with Crippen LogP contribution >= 0.6 is 11.6 Å². The number of nitrogens with zero attached hydrogens (tertiary/aromatic N) is 1. The van der Waals surface area contributed by atoms with Crippen LogP contribution in [0.25, 0.3) is 0 Å². The fourth-order valence-electron chi connectivity index (χ4n) is 3.49. The van der Waals surface area contributed by atoms with Crippen LogP contribution in [0.3, 0.4) is 0 Å². The van der Waals surface area contributed by atoms with Crippen LogP contribution in [0, 0.1) is 0 Å². The quantitative estimate of drug-likeness (QED) is 0.735. The molecule has 0 spiro atoms. The van der Waals surface area contributed by atoms with Crippen molar-refractivity contribution in [2.45, 2.75) is 57.3 Å². The average Bonchev–Trinajstić information content (AvgIpc) is 3.30. The molecule has 2 aromatic rings. The Morgan fingerprint density at radius 3 is 2.43 bits per heavy atom. The molecule has 3 rings (SSSR count). The van der Waals surface area contributed by atoms with Crippen LogP contribution in [0.5, 0.6) is 0 Å². The van der Waals surface area contributed by atoms with Crippen molar-refractivity contribution >= 4 is 29.4 Å². The molecular weight excluding hydrogens is 380 g/mol. The Labute approximate surface area is 169 Å². The Morgan fingerprint density at radius 1 is 1.21 bits per heavy atom. The van der Waals surface area contributed by atoms with Crippen LogP contribution in [-0.4, -0.2) is 23.6 Å². The van der Waals surface area contributed by atoms with Gasteiger partial charge in [0.05, 0.1) is 11.1 Å². The maximum Gasteiger partial charge on any atom is 0.317 e. The molecule has 150 valence electrons. The van der Waals surface area contributed by atoms with Gasteiger partial charge in [0.25, 0.3) is 5.91 Å². The number of carbonyl (C=O) groups excluding carboxylic acids is 2. The first-order valence-electron chi connectivity index (χ1n) is 9.41. The molecule has 0 atom stereocenters. The minimum absolute atomic E-state index is 0.188. The van der Waals surface area contributed by atoms with Gasteiger partial charge in [-0.2, -0.15) is 0 Å². The first-order chi connectivity index (χ1) is 13.2. The van der Waals surface area contributed by atoms with E-state index in [1.54, 1.807) is 18.2 Å². The van der Waals surface area contributed by atoms with Gasteiger partial charge < -0.3 is 9.26 Å². The Bertz CT molecular complexity index is 846. The lowest BCUT2D eigenvalue weighted by Crippen LogP contribution is -2.36. The molecule has 1 aliphatic carbocycles. The molecule has 0 saturated heterocycles. The Balaban J connectivity index is 1.62. The Kier molecular flexibility index (Phi) is 5.79. The summed E-state index contributed by atoms with van der Waals surface area (Å²) in [7, 11) is 0. The highest BCUT2D eigenvalue weighted by Crippen LogP contribution is 2.42. The molecule has 0 aliphatic heterocycles. The predicted molar refractivity (Wildman–Crippen MR) is 106 cm³/mol. The van der Waals surface area contributed by atoms with E-state index in [1.807, 2.05) is 32.9 Å². The third-order valence-electron chi connectivity index (χ3n) is 5.12. The summed E-state index contributed by atoms with van der Waals surface area (Å²) in [5.41, 5.74) is 0.709. The number of ether oxygens (including phenoxy) is 1. The number of rotatable bonds is 5. The van der Waals surface area contributed by atoms with Gasteiger partial charge in [0.2, 0.25) is 5.88 Å². The van der Waals surface area contributed by atoms with E-state index in [9.17, 15) is 9.59 Å². The number of nitrogens with one attached hydrogen (secondary N) is 1. The number of anilines is 1. The topological polar surface area (TPSA) is 81.4 Å². The number of hydrogen-bond acceptors (Lipinski definition) is 5. The lowest BCUT2D eigenvalue weighted by atomic mass is 9.79. The fourth-order valence-corrected chi connectivity index (χ4v) is 3.61. The van der Waals surface area contributed by atoms with Gasteiger partial charge in [0.1, 0.15) is 0 Å². The van der Waals surface area contributed by atoms with E-state index < -0.39 is 11.3 Å². The molecule has 1 aliphatic rings. The largest absolute Gasteiger partial charge is 0.455 e. The number of amides is 1. The van der Waals surface area contributed by atoms with E-state index in [4.69, 9.17) is 20.9 Å². The number of hydrogen-bond donors (Lipinski definition) is 1. The standard InChI is InChI=1S/C21H25ClN2O4/c1-20(2,3)16-12-18(28-24-16)23-17(25)13-27-19(26)21(10-4-5-11-21)14-6-8-15(22)9-7-14/h6-9,12H,4-5,10-11,13H2,1-3H3,(H,23,25). The number of carbonyl (C=O) groups is 2. The van der Waals surface area contributed by atoms with Crippen molar-refractivity contribution in [3.63, 3.8) is 0 Å². The van der Waals surface area contributed by atoms with Crippen LogP contribution in [0.1, 0.15) is 57.7 Å². The smallest absolute Gasteiger partial charge is 0.317 e. The molecule has 7 heteroatoms. The van der Waals surface area contributed by atoms with Crippen molar-refractivity contribution in [2.24, 2.45) is 0 Å². The molecule has 1 N–H and O–H groups in total. The van der Waals surface area contributed by atoms with Crippen molar-refractivity contribution in [1.29, 1.82) is 0 Å². The van der Waals surface area contributed by atoms with E-state index in [2.05, 4.69) is 10.5 Å². The summed E-state index contributed by atoms with van der Waals surface area (Å²) in [6.07, 6.45) is 3.29. The van der Waals surface area contributed by atoms with Crippen molar-refractivity contribution in [3.8, 4) is 0 Å². The monoisotopic (exact) mass is 404 g/mol. The van der Waals surface area contributed by atoms with Gasteiger partial charge in [-0.25, -0.2) is 0 Å². The first kappa shape index (κ1) is 20.4.